The van der Waals surface area contributed by atoms with Gasteiger partial charge in [-0.3, -0.25) is 9.59 Å². The minimum atomic E-state index is -0.437. The molecule has 1 rings (SSSR count). The van der Waals surface area contributed by atoms with Gasteiger partial charge in [-0.2, -0.15) is 0 Å². The Kier molecular flexibility index (Phi) is 4.17. The summed E-state index contributed by atoms with van der Waals surface area (Å²) in [6, 6.07) is -0.173. The zero-order valence-corrected chi connectivity index (χ0v) is 11.5. The molecule has 0 bridgehead atoms. The fraction of sp³-hybridized carbons (Fsp3) is 0.846. The van der Waals surface area contributed by atoms with Crippen molar-refractivity contribution in [1.29, 1.82) is 0 Å². The number of amides is 2. The van der Waals surface area contributed by atoms with Crippen molar-refractivity contribution in [2.24, 2.45) is 11.3 Å². The summed E-state index contributed by atoms with van der Waals surface area (Å²) in [4.78, 5) is 25.0. The lowest BCUT2D eigenvalue weighted by Crippen LogP contribution is -2.53. The molecule has 1 saturated heterocycles. The predicted molar refractivity (Wildman–Crippen MR) is 67.4 cm³/mol. The fourth-order valence-corrected chi connectivity index (χ4v) is 2.33. The van der Waals surface area contributed by atoms with Gasteiger partial charge in [-0.25, -0.2) is 0 Å². The van der Waals surface area contributed by atoms with Crippen LogP contribution < -0.4 is 5.32 Å². The molecule has 2 amide bonds. The van der Waals surface area contributed by atoms with Crippen molar-refractivity contribution in [3.8, 4) is 0 Å². The molecule has 4 nitrogen and oxygen atoms in total. The van der Waals surface area contributed by atoms with Crippen molar-refractivity contribution in [3.05, 3.63) is 0 Å². The van der Waals surface area contributed by atoms with E-state index in [4.69, 9.17) is 0 Å². The molecule has 1 aliphatic heterocycles. The first-order valence-corrected chi connectivity index (χ1v) is 6.29. The van der Waals surface area contributed by atoms with Crippen molar-refractivity contribution in [2.45, 2.75) is 53.1 Å². The molecule has 0 aromatic carbocycles. The Morgan fingerprint density at radius 1 is 1.41 bits per heavy atom. The van der Waals surface area contributed by atoms with E-state index < -0.39 is 6.04 Å². The van der Waals surface area contributed by atoms with Gasteiger partial charge in [0.2, 0.25) is 12.3 Å². The van der Waals surface area contributed by atoms with Gasteiger partial charge in [0.25, 0.3) is 0 Å². The molecule has 1 N–H and O–H groups in total. The highest BCUT2D eigenvalue weighted by Gasteiger charge is 2.39. The SMILES string of the molecule is CC1CCN(C(=O)[C@@H](NC=O)C(C)(C)C)C1C. The molecule has 0 aliphatic carbocycles. The summed E-state index contributed by atoms with van der Waals surface area (Å²) in [6.07, 6.45) is 1.67. The lowest BCUT2D eigenvalue weighted by Gasteiger charge is -2.34. The first kappa shape index (κ1) is 14.0. The third-order valence-corrected chi connectivity index (χ3v) is 3.77. The molecular weight excluding hydrogens is 216 g/mol. The molecule has 0 saturated carbocycles. The van der Waals surface area contributed by atoms with Gasteiger partial charge in [0, 0.05) is 12.6 Å². The summed E-state index contributed by atoms with van der Waals surface area (Å²) in [7, 11) is 0. The number of carbonyl (C=O) groups is 2. The lowest BCUT2D eigenvalue weighted by molar-refractivity contribution is -0.138. The molecule has 4 heteroatoms. The third kappa shape index (κ3) is 2.99. The standard InChI is InChI=1S/C13H24N2O2/c1-9-6-7-15(10(9)2)12(17)11(14-8-16)13(3,4)5/h8-11H,6-7H2,1-5H3,(H,14,16)/t9?,10?,11-/m1/s1. The predicted octanol–water partition coefficient (Wildman–Crippen LogP) is 1.40. The Balaban J connectivity index is 2.82. The van der Waals surface area contributed by atoms with E-state index in [1.807, 2.05) is 25.7 Å². The monoisotopic (exact) mass is 240 g/mol. The average molecular weight is 240 g/mol. The van der Waals surface area contributed by atoms with E-state index >= 15 is 0 Å². The normalized spacial score (nSPS) is 26.8. The molecule has 3 atom stereocenters. The first-order valence-electron chi connectivity index (χ1n) is 6.29. The number of rotatable bonds is 3. The van der Waals surface area contributed by atoms with Crippen LogP contribution in [-0.4, -0.2) is 35.8 Å². The summed E-state index contributed by atoms with van der Waals surface area (Å²) in [5.74, 6) is 0.581. The Morgan fingerprint density at radius 3 is 2.35 bits per heavy atom. The highest BCUT2D eigenvalue weighted by Crippen LogP contribution is 2.27. The topological polar surface area (TPSA) is 49.4 Å². The zero-order chi connectivity index (χ0) is 13.2. The van der Waals surface area contributed by atoms with Crippen molar-refractivity contribution in [2.75, 3.05) is 6.54 Å². The van der Waals surface area contributed by atoms with Crippen LogP contribution in [0, 0.1) is 11.3 Å². The highest BCUT2D eigenvalue weighted by molar-refractivity contribution is 5.85. The number of hydrogen-bond acceptors (Lipinski definition) is 2. The molecule has 0 aromatic rings. The number of hydrogen-bond donors (Lipinski definition) is 1. The Morgan fingerprint density at radius 2 is 2.00 bits per heavy atom. The van der Waals surface area contributed by atoms with E-state index in [0.717, 1.165) is 13.0 Å². The number of likely N-dealkylation sites (tertiary alicyclic amines) is 1. The molecule has 0 aromatic heterocycles. The van der Waals surface area contributed by atoms with Crippen LogP contribution in [0.4, 0.5) is 0 Å². The number of carbonyl (C=O) groups excluding carboxylic acids is 2. The van der Waals surface area contributed by atoms with E-state index in [0.29, 0.717) is 12.3 Å². The van der Waals surface area contributed by atoms with E-state index in [9.17, 15) is 9.59 Å². The summed E-state index contributed by atoms with van der Waals surface area (Å²) < 4.78 is 0. The van der Waals surface area contributed by atoms with Gasteiger partial charge in [-0.15, -0.1) is 0 Å². The molecule has 2 unspecified atom stereocenters. The van der Waals surface area contributed by atoms with Gasteiger partial charge in [0.1, 0.15) is 6.04 Å². The van der Waals surface area contributed by atoms with Crippen LogP contribution in [-0.2, 0) is 9.59 Å². The van der Waals surface area contributed by atoms with Crippen molar-refractivity contribution < 1.29 is 9.59 Å². The van der Waals surface area contributed by atoms with Gasteiger partial charge in [0.05, 0.1) is 0 Å². The van der Waals surface area contributed by atoms with Gasteiger partial charge in [0.15, 0.2) is 0 Å². The minimum Gasteiger partial charge on any atom is -0.346 e. The molecule has 0 spiro atoms. The largest absolute Gasteiger partial charge is 0.346 e. The molecule has 0 radical (unpaired) electrons. The van der Waals surface area contributed by atoms with Crippen molar-refractivity contribution >= 4 is 12.3 Å². The van der Waals surface area contributed by atoms with Crippen LogP contribution >= 0.6 is 0 Å². The van der Waals surface area contributed by atoms with Crippen molar-refractivity contribution in [3.63, 3.8) is 0 Å². The van der Waals surface area contributed by atoms with E-state index in [-0.39, 0.29) is 17.4 Å². The van der Waals surface area contributed by atoms with Crippen LogP contribution in [0.1, 0.15) is 41.0 Å². The first-order chi connectivity index (χ1) is 7.79. The molecule has 1 fully saturated rings. The number of nitrogens with one attached hydrogen (secondary N) is 1. The fourth-order valence-electron chi connectivity index (χ4n) is 2.33. The molecule has 17 heavy (non-hydrogen) atoms. The molecule has 98 valence electrons. The second-order valence-corrected chi connectivity index (χ2v) is 6.12. The maximum atomic E-state index is 12.4. The Hall–Kier alpha value is -1.06. The van der Waals surface area contributed by atoms with Gasteiger partial charge >= 0.3 is 0 Å². The van der Waals surface area contributed by atoms with Gasteiger partial charge < -0.3 is 10.2 Å². The average Bonchev–Trinajstić information content (AvgIpc) is 2.54. The minimum absolute atomic E-state index is 0.0430. The Bertz CT molecular complexity index is 296. The smallest absolute Gasteiger partial charge is 0.245 e. The van der Waals surface area contributed by atoms with Crippen LogP contribution in [0.15, 0.2) is 0 Å². The quantitative estimate of drug-likeness (QED) is 0.758. The second kappa shape index (κ2) is 5.07. The lowest BCUT2D eigenvalue weighted by atomic mass is 9.85. The summed E-state index contributed by atoms with van der Waals surface area (Å²) >= 11 is 0. The maximum Gasteiger partial charge on any atom is 0.245 e. The third-order valence-electron chi connectivity index (χ3n) is 3.77. The van der Waals surface area contributed by atoms with Crippen LogP contribution in [0.2, 0.25) is 0 Å². The van der Waals surface area contributed by atoms with Crippen LogP contribution in [0.25, 0.3) is 0 Å². The van der Waals surface area contributed by atoms with Crippen LogP contribution in [0.3, 0.4) is 0 Å². The molecule has 1 aliphatic rings. The van der Waals surface area contributed by atoms with Crippen molar-refractivity contribution in [1.82, 2.24) is 10.2 Å². The number of nitrogens with zero attached hydrogens (tertiary/aromatic N) is 1. The highest BCUT2D eigenvalue weighted by atomic mass is 16.2. The second-order valence-electron chi connectivity index (χ2n) is 6.12. The van der Waals surface area contributed by atoms with Gasteiger partial charge in [-0.05, 0) is 24.7 Å². The van der Waals surface area contributed by atoms with Crippen LogP contribution in [0.5, 0.6) is 0 Å². The zero-order valence-electron chi connectivity index (χ0n) is 11.5. The summed E-state index contributed by atoms with van der Waals surface area (Å²) in [5, 5.41) is 2.66. The van der Waals surface area contributed by atoms with Gasteiger partial charge in [-0.1, -0.05) is 27.7 Å². The van der Waals surface area contributed by atoms with E-state index in [1.54, 1.807) is 0 Å². The van der Waals surface area contributed by atoms with E-state index in [2.05, 4.69) is 19.2 Å². The maximum absolute atomic E-state index is 12.4. The Labute approximate surface area is 104 Å². The summed E-state index contributed by atoms with van der Waals surface area (Å²) in [5.41, 5.74) is -0.260. The molecule has 1 heterocycles. The summed E-state index contributed by atoms with van der Waals surface area (Å²) in [6.45, 7) is 10.9. The molecular formula is C13H24N2O2. The van der Waals surface area contributed by atoms with E-state index in [1.165, 1.54) is 0 Å².